The van der Waals surface area contributed by atoms with Gasteiger partial charge < -0.3 is 34.3 Å². The number of esters is 1. The summed E-state index contributed by atoms with van der Waals surface area (Å²) in [7, 11) is 1.26. The summed E-state index contributed by atoms with van der Waals surface area (Å²) in [5, 5.41) is 5.76. The quantitative estimate of drug-likeness (QED) is 0.0585. The minimum atomic E-state index is -1.01. The van der Waals surface area contributed by atoms with Gasteiger partial charge in [-0.1, -0.05) is 133 Å². The minimum absolute atomic E-state index is 0.181. The van der Waals surface area contributed by atoms with Crippen LogP contribution in [0.25, 0.3) is 0 Å². The predicted molar refractivity (Wildman–Crippen MR) is 221 cm³/mol. The lowest BCUT2D eigenvalue weighted by Crippen LogP contribution is -2.42. The van der Waals surface area contributed by atoms with Crippen molar-refractivity contribution >= 4 is 17.8 Å². The molecule has 10 heteroatoms. The minimum Gasteiger partial charge on any atom is -0.485 e. The first-order chi connectivity index (χ1) is 28.5. The maximum absolute atomic E-state index is 13.9. The molecular weight excluding hydrogens is 733 g/mol. The number of benzene rings is 6. The van der Waals surface area contributed by atoms with Gasteiger partial charge in [0.25, 0.3) is 11.8 Å². The average molecular weight is 779 g/mol. The molecule has 0 bridgehead atoms. The first-order valence-corrected chi connectivity index (χ1v) is 19.1. The van der Waals surface area contributed by atoms with Crippen molar-refractivity contribution in [2.45, 2.75) is 45.3 Å². The van der Waals surface area contributed by atoms with Gasteiger partial charge in [-0.15, -0.1) is 0 Å². The Kier molecular flexibility index (Phi) is 14.9. The lowest BCUT2D eigenvalue weighted by atomic mass is 10.1. The molecule has 2 N–H and O–H groups in total. The van der Waals surface area contributed by atoms with E-state index in [-0.39, 0.29) is 50.0 Å². The maximum atomic E-state index is 13.9. The molecule has 2 amide bonds. The molecule has 10 nitrogen and oxygen atoms in total. The van der Waals surface area contributed by atoms with Gasteiger partial charge in [0, 0.05) is 6.54 Å². The number of nitrogens with one attached hydrogen (secondary N) is 2. The second-order valence-electron chi connectivity index (χ2n) is 13.3. The highest BCUT2D eigenvalue weighted by molar-refractivity contribution is 6.00. The molecule has 0 aromatic heterocycles. The van der Waals surface area contributed by atoms with Gasteiger partial charge in [-0.05, 0) is 59.4 Å². The highest BCUT2D eigenvalue weighted by Crippen LogP contribution is 2.34. The summed E-state index contributed by atoms with van der Waals surface area (Å²) >= 11 is 0. The number of hydrogen-bond acceptors (Lipinski definition) is 8. The monoisotopic (exact) mass is 778 g/mol. The van der Waals surface area contributed by atoms with Crippen LogP contribution in [0.1, 0.15) is 55.8 Å². The third-order valence-electron chi connectivity index (χ3n) is 9.12. The SMILES string of the molecule is COC(=O)[C@@H](CCCNC(=O)c1cccc(OCc2ccccc2)c1OCc1ccccc1)NC(=O)c1cccc(OCc2ccccc2)c1OCc1ccccc1. The van der Waals surface area contributed by atoms with Gasteiger partial charge >= 0.3 is 5.97 Å². The highest BCUT2D eigenvalue weighted by Gasteiger charge is 2.26. The zero-order valence-corrected chi connectivity index (χ0v) is 32.3. The molecule has 0 saturated heterocycles. The maximum Gasteiger partial charge on any atom is 0.328 e. The molecule has 6 aromatic rings. The fourth-order valence-electron chi connectivity index (χ4n) is 6.08. The van der Waals surface area contributed by atoms with Gasteiger partial charge in [0.2, 0.25) is 0 Å². The van der Waals surface area contributed by atoms with Gasteiger partial charge in [-0.2, -0.15) is 0 Å². The van der Waals surface area contributed by atoms with Crippen molar-refractivity contribution in [2.24, 2.45) is 0 Å². The topological polar surface area (TPSA) is 121 Å². The number of hydrogen-bond donors (Lipinski definition) is 2. The van der Waals surface area contributed by atoms with Gasteiger partial charge in [0.15, 0.2) is 23.0 Å². The Bertz CT molecular complexity index is 2220. The molecule has 6 aromatic carbocycles. The third kappa shape index (κ3) is 11.7. The van der Waals surface area contributed by atoms with E-state index >= 15 is 0 Å². The molecule has 296 valence electrons. The number of rotatable bonds is 20. The van der Waals surface area contributed by atoms with Crippen molar-refractivity contribution in [3.63, 3.8) is 0 Å². The van der Waals surface area contributed by atoms with E-state index in [0.29, 0.717) is 35.8 Å². The first-order valence-electron chi connectivity index (χ1n) is 19.1. The second-order valence-corrected chi connectivity index (χ2v) is 13.3. The molecule has 0 aliphatic heterocycles. The molecule has 0 fully saturated rings. The number of para-hydroxylation sites is 2. The largest absolute Gasteiger partial charge is 0.485 e. The molecule has 0 aliphatic carbocycles. The lowest BCUT2D eigenvalue weighted by Gasteiger charge is -2.20. The Morgan fingerprint density at radius 2 is 0.879 bits per heavy atom. The van der Waals surface area contributed by atoms with Crippen LogP contribution in [0.15, 0.2) is 158 Å². The first kappa shape index (κ1) is 40.6. The molecular formula is C48H46N2O8. The number of amides is 2. The van der Waals surface area contributed by atoms with E-state index < -0.39 is 17.9 Å². The smallest absolute Gasteiger partial charge is 0.328 e. The van der Waals surface area contributed by atoms with E-state index in [1.165, 1.54) is 7.11 Å². The standard InChI is InChI=1S/C48H46N2O8/c1-54-48(53)41(50-47(52)40-26-15-29-43(56-32-36-19-8-3-9-20-36)45(40)58-34-38-23-12-5-13-24-38)27-16-30-49-46(51)39-25-14-28-42(55-31-35-17-6-2-7-18-35)44(39)57-33-37-21-10-4-11-22-37/h2-15,17-26,28-29,41H,16,27,30-34H2,1H3,(H,49,51)(H,50,52)/t41-/m1/s1. The molecule has 0 heterocycles. The van der Waals surface area contributed by atoms with Crippen molar-refractivity contribution in [2.75, 3.05) is 13.7 Å². The molecule has 0 saturated carbocycles. The summed E-state index contributed by atoms with van der Waals surface area (Å²) in [4.78, 5) is 40.5. The summed E-state index contributed by atoms with van der Waals surface area (Å²) in [5.41, 5.74) is 4.26. The van der Waals surface area contributed by atoms with Crippen LogP contribution >= 0.6 is 0 Å². The van der Waals surface area contributed by atoms with Crippen LogP contribution in [-0.4, -0.2) is 37.5 Å². The van der Waals surface area contributed by atoms with Crippen molar-refractivity contribution in [3.05, 3.63) is 191 Å². The van der Waals surface area contributed by atoms with Crippen LogP contribution in [0.5, 0.6) is 23.0 Å². The van der Waals surface area contributed by atoms with E-state index in [0.717, 1.165) is 22.3 Å². The van der Waals surface area contributed by atoms with Crippen LogP contribution in [0.3, 0.4) is 0 Å². The summed E-state index contributed by atoms with van der Waals surface area (Å²) in [6, 6.07) is 47.9. The summed E-state index contributed by atoms with van der Waals surface area (Å²) < 4.78 is 29.8. The number of carbonyl (C=O) groups excluding carboxylic acids is 3. The van der Waals surface area contributed by atoms with Crippen LogP contribution in [0.2, 0.25) is 0 Å². The Balaban J connectivity index is 1.12. The predicted octanol–water partition coefficient (Wildman–Crippen LogP) is 8.48. The van der Waals surface area contributed by atoms with E-state index in [2.05, 4.69) is 10.6 Å². The van der Waals surface area contributed by atoms with E-state index in [1.807, 2.05) is 121 Å². The van der Waals surface area contributed by atoms with Gasteiger partial charge in [-0.25, -0.2) is 4.79 Å². The fraction of sp³-hybridized carbons (Fsp3) is 0.188. The van der Waals surface area contributed by atoms with E-state index in [4.69, 9.17) is 23.7 Å². The second kappa shape index (κ2) is 21.3. The summed E-state index contributed by atoms with van der Waals surface area (Å²) in [5.74, 6) is -0.160. The molecule has 0 aliphatic rings. The molecule has 0 unspecified atom stereocenters. The van der Waals surface area contributed by atoms with Crippen LogP contribution in [0.4, 0.5) is 0 Å². The molecule has 0 radical (unpaired) electrons. The summed E-state index contributed by atoms with van der Waals surface area (Å²) in [6.07, 6.45) is 0.522. The van der Waals surface area contributed by atoms with Crippen molar-refractivity contribution in [3.8, 4) is 23.0 Å². The number of methoxy groups -OCH3 is 1. The van der Waals surface area contributed by atoms with E-state index in [1.54, 1.807) is 36.4 Å². The Morgan fingerprint density at radius 3 is 1.29 bits per heavy atom. The zero-order valence-electron chi connectivity index (χ0n) is 32.3. The normalized spacial score (nSPS) is 11.1. The molecule has 6 rings (SSSR count). The zero-order chi connectivity index (χ0) is 40.4. The number of ether oxygens (including phenoxy) is 5. The van der Waals surface area contributed by atoms with Crippen LogP contribution in [0, 0.1) is 0 Å². The molecule has 1 atom stereocenters. The Hall–Kier alpha value is -7.07. The average Bonchev–Trinajstić information content (AvgIpc) is 3.28. The van der Waals surface area contributed by atoms with Crippen LogP contribution < -0.4 is 29.6 Å². The van der Waals surface area contributed by atoms with Crippen molar-refractivity contribution < 1.29 is 38.1 Å². The van der Waals surface area contributed by atoms with Gasteiger partial charge in [0.05, 0.1) is 18.2 Å². The van der Waals surface area contributed by atoms with Crippen molar-refractivity contribution in [1.29, 1.82) is 0 Å². The van der Waals surface area contributed by atoms with Gasteiger partial charge in [-0.3, -0.25) is 9.59 Å². The molecule has 58 heavy (non-hydrogen) atoms. The lowest BCUT2D eigenvalue weighted by molar-refractivity contribution is -0.143. The summed E-state index contributed by atoms with van der Waals surface area (Å²) in [6.45, 7) is 1.17. The van der Waals surface area contributed by atoms with Crippen molar-refractivity contribution in [1.82, 2.24) is 10.6 Å². The fourth-order valence-corrected chi connectivity index (χ4v) is 6.08. The van der Waals surface area contributed by atoms with Gasteiger partial charge in [0.1, 0.15) is 32.5 Å². The molecule has 0 spiro atoms. The third-order valence-corrected chi connectivity index (χ3v) is 9.12. The van der Waals surface area contributed by atoms with Crippen LogP contribution in [-0.2, 0) is 36.0 Å². The Morgan fingerprint density at radius 1 is 0.483 bits per heavy atom. The van der Waals surface area contributed by atoms with E-state index in [9.17, 15) is 14.4 Å². The highest BCUT2D eigenvalue weighted by atomic mass is 16.5. The number of carbonyl (C=O) groups is 3. The Labute approximate surface area is 338 Å².